The largest absolute Gasteiger partial charge is 0.0985 e. The molecule has 0 fully saturated rings. The Morgan fingerprint density at radius 1 is 0.906 bits per heavy atom. The van der Waals surface area contributed by atoms with Crippen LogP contribution in [0.3, 0.4) is 0 Å². The van der Waals surface area contributed by atoms with E-state index in [0.717, 1.165) is 34.3 Å². The van der Waals surface area contributed by atoms with E-state index in [2.05, 4.69) is 121 Å². The fraction of sp³-hybridized carbons (Fsp3) is 0.188. The third kappa shape index (κ3) is 6.56. The number of allylic oxidation sites excluding steroid dienone is 10. The second-order valence-corrected chi connectivity index (χ2v) is 8.31. The summed E-state index contributed by atoms with van der Waals surface area (Å²) in [6.07, 6.45) is 11.3. The Morgan fingerprint density at radius 3 is 2.19 bits per heavy atom. The number of aryl methyl sites for hydroxylation is 2. The van der Waals surface area contributed by atoms with Crippen molar-refractivity contribution in [2.24, 2.45) is 0 Å². The van der Waals surface area contributed by atoms with Gasteiger partial charge < -0.3 is 0 Å². The Balaban J connectivity index is 2.69. The molecule has 0 heterocycles. The highest BCUT2D eigenvalue weighted by Gasteiger charge is 2.16. The van der Waals surface area contributed by atoms with Crippen LogP contribution in [0.15, 0.2) is 127 Å². The molecule has 0 aromatic heterocycles. The Bertz CT molecular complexity index is 1110. The SMILES string of the molecule is C=CC(/C=C/C(=C)/C(C(=C)C)=C(\c1ccccc1)c1cc(C)ccc1C)=C\C=C(/C)CC. The van der Waals surface area contributed by atoms with E-state index in [1.54, 1.807) is 0 Å². The van der Waals surface area contributed by atoms with Gasteiger partial charge in [-0.25, -0.2) is 0 Å². The minimum atomic E-state index is 0.932. The lowest BCUT2D eigenvalue weighted by molar-refractivity contribution is 1.10. The molecule has 0 aliphatic carbocycles. The topological polar surface area (TPSA) is 0 Å². The van der Waals surface area contributed by atoms with Crippen molar-refractivity contribution in [3.8, 4) is 0 Å². The molecule has 32 heavy (non-hydrogen) atoms. The van der Waals surface area contributed by atoms with Gasteiger partial charge in [0.1, 0.15) is 0 Å². The molecule has 0 saturated heterocycles. The summed E-state index contributed by atoms with van der Waals surface area (Å²) in [5.41, 5.74) is 11.4. The number of benzene rings is 2. The lowest BCUT2D eigenvalue weighted by atomic mass is 9.84. The average Bonchev–Trinajstić information content (AvgIpc) is 2.79. The Kier molecular flexibility index (Phi) is 9.22. The van der Waals surface area contributed by atoms with Gasteiger partial charge in [0, 0.05) is 0 Å². The standard InChI is InChI=1S/C32H36/c1-9-24(5)17-20-28(10-2)21-19-27(8)31(23(3)4)32(29-14-12-11-13-15-29)30-22-25(6)16-18-26(30)7/h10-22H,2-3,8-9H2,1,4-7H3/b21-19+,24-17+,28-20+,32-31+. The first-order valence-corrected chi connectivity index (χ1v) is 11.2. The molecule has 0 atom stereocenters. The second-order valence-electron chi connectivity index (χ2n) is 8.31. The van der Waals surface area contributed by atoms with Crippen molar-refractivity contribution < 1.29 is 0 Å². The van der Waals surface area contributed by atoms with Crippen molar-refractivity contribution in [1.82, 2.24) is 0 Å². The van der Waals surface area contributed by atoms with Gasteiger partial charge in [0.15, 0.2) is 0 Å². The fourth-order valence-corrected chi connectivity index (χ4v) is 3.52. The molecule has 0 aliphatic heterocycles. The summed E-state index contributed by atoms with van der Waals surface area (Å²) in [5.74, 6) is 0. The Morgan fingerprint density at radius 2 is 1.59 bits per heavy atom. The molecule has 2 aromatic carbocycles. The van der Waals surface area contributed by atoms with Crippen LogP contribution < -0.4 is 0 Å². The van der Waals surface area contributed by atoms with E-state index >= 15 is 0 Å². The van der Waals surface area contributed by atoms with Crippen molar-refractivity contribution in [3.05, 3.63) is 149 Å². The van der Waals surface area contributed by atoms with E-state index in [9.17, 15) is 0 Å². The lowest BCUT2D eigenvalue weighted by Gasteiger charge is -2.20. The highest BCUT2D eigenvalue weighted by Crippen LogP contribution is 2.36. The van der Waals surface area contributed by atoms with Gasteiger partial charge >= 0.3 is 0 Å². The van der Waals surface area contributed by atoms with Crippen LogP contribution in [-0.4, -0.2) is 0 Å². The normalized spacial score (nSPS) is 13.2. The van der Waals surface area contributed by atoms with Crippen molar-refractivity contribution in [2.75, 3.05) is 0 Å². The molecular formula is C32H36. The van der Waals surface area contributed by atoms with Gasteiger partial charge in [-0.15, -0.1) is 0 Å². The second kappa shape index (κ2) is 11.9. The van der Waals surface area contributed by atoms with Crippen molar-refractivity contribution in [1.29, 1.82) is 0 Å². The van der Waals surface area contributed by atoms with Crippen molar-refractivity contribution in [2.45, 2.75) is 41.0 Å². The summed E-state index contributed by atoms with van der Waals surface area (Å²) >= 11 is 0. The van der Waals surface area contributed by atoms with Crippen LogP contribution in [0.1, 0.15) is 49.4 Å². The fourth-order valence-electron chi connectivity index (χ4n) is 3.52. The van der Waals surface area contributed by atoms with Crippen LogP contribution in [0.4, 0.5) is 0 Å². The number of rotatable bonds is 9. The van der Waals surface area contributed by atoms with Crippen LogP contribution in [0.25, 0.3) is 5.57 Å². The first-order chi connectivity index (χ1) is 15.3. The van der Waals surface area contributed by atoms with Gasteiger partial charge in [-0.05, 0) is 78.7 Å². The monoisotopic (exact) mass is 420 g/mol. The zero-order chi connectivity index (χ0) is 23.7. The summed E-state index contributed by atoms with van der Waals surface area (Å²) in [6, 6.07) is 17.1. The summed E-state index contributed by atoms with van der Waals surface area (Å²) in [5, 5.41) is 0. The zero-order valence-electron chi connectivity index (χ0n) is 20.3. The van der Waals surface area contributed by atoms with Gasteiger partial charge in [0.2, 0.25) is 0 Å². The van der Waals surface area contributed by atoms with Gasteiger partial charge in [-0.2, -0.15) is 0 Å². The summed E-state index contributed by atoms with van der Waals surface area (Å²) in [4.78, 5) is 0. The highest BCUT2D eigenvalue weighted by molar-refractivity contribution is 5.89. The first-order valence-electron chi connectivity index (χ1n) is 11.2. The molecule has 0 aliphatic rings. The zero-order valence-corrected chi connectivity index (χ0v) is 20.3. The molecule has 0 radical (unpaired) electrons. The van der Waals surface area contributed by atoms with Crippen LogP contribution in [0.2, 0.25) is 0 Å². The summed E-state index contributed by atoms with van der Waals surface area (Å²) < 4.78 is 0. The molecule has 0 heteroatoms. The van der Waals surface area contributed by atoms with E-state index in [4.69, 9.17) is 0 Å². The van der Waals surface area contributed by atoms with Crippen LogP contribution in [-0.2, 0) is 0 Å². The molecule has 2 rings (SSSR count). The van der Waals surface area contributed by atoms with Crippen molar-refractivity contribution >= 4 is 5.57 Å². The first kappa shape index (κ1) is 24.9. The molecule has 0 N–H and O–H groups in total. The maximum absolute atomic E-state index is 4.44. The van der Waals surface area contributed by atoms with Crippen molar-refractivity contribution in [3.63, 3.8) is 0 Å². The maximum Gasteiger partial charge on any atom is -0.00278 e. The van der Waals surface area contributed by atoms with E-state index in [1.807, 2.05) is 12.1 Å². The van der Waals surface area contributed by atoms with E-state index < -0.39 is 0 Å². The number of hydrogen-bond donors (Lipinski definition) is 0. The number of hydrogen-bond acceptors (Lipinski definition) is 0. The Hall–Kier alpha value is -3.38. The van der Waals surface area contributed by atoms with Crippen LogP contribution >= 0.6 is 0 Å². The van der Waals surface area contributed by atoms with E-state index in [0.29, 0.717) is 0 Å². The summed E-state index contributed by atoms with van der Waals surface area (Å²) in [6.45, 7) is 23.4. The van der Waals surface area contributed by atoms with Crippen LogP contribution in [0.5, 0.6) is 0 Å². The van der Waals surface area contributed by atoms with Gasteiger partial charge in [-0.1, -0.05) is 117 Å². The molecule has 2 aromatic rings. The summed E-state index contributed by atoms with van der Waals surface area (Å²) in [7, 11) is 0. The van der Waals surface area contributed by atoms with Gasteiger partial charge in [0.05, 0.1) is 0 Å². The smallest absolute Gasteiger partial charge is 0.00278 e. The van der Waals surface area contributed by atoms with Gasteiger partial charge in [-0.3, -0.25) is 0 Å². The van der Waals surface area contributed by atoms with E-state index in [1.165, 1.54) is 27.8 Å². The lowest BCUT2D eigenvalue weighted by Crippen LogP contribution is -2.00. The van der Waals surface area contributed by atoms with E-state index in [-0.39, 0.29) is 0 Å². The predicted molar refractivity (Wildman–Crippen MR) is 144 cm³/mol. The predicted octanol–water partition coefficient (Wildman–Crippen LogP) is 9.26. The van der Waals surface area contributed by atoms with Crippen LogP contribution in [0, 0.1) is 13.8 Å². The maximum atomic E-state index is 4.44. The third-order valence-corrected chi connectivity index (χ3v) is 5.55. The average molecular weight is 421 g/mol. The molecule has 0 nitrogen and oxygen atoms in total. The molecule has 0 spiro atoms. The van der Waals surface area contributed by atoms with Gasteiger partial charge in [0.25, 0.3) is 0 Å². The molecule has 0 unspecified atom stereocenters. The molecule has 0 saturated carbocycles. The minimum absolute atomic E-state index is 0.932. The molecule has 0 amide bonds. The minimum Gasteiger partial charge on any atom is -0.0985 e. The molecule has 0 bridgehead atoms. The quantitative estimate of drug-likeness (QED) is 0.355. The Labute approximate surface area is 195 Å². The molecule has 164 valence electrons. The molecular weight excluding hydrogens is 384 g/mol. The highest BCUT2D eigenvalue weighted by atomic mass is 14.2. The third-order valence-electron chi connectivity index (χ3n) is 5.55.